The summed E-state index contributed by atoms with van der Waals surface area (Å²) in [6.45, 7) is 6.99. The second-order valence-corrected chi connectivity index (χ2v) is 9.66. The molecular formula is C23H35IN4O3S. The van der Waals surface area contributed by atoms with Gasteiger partial charge in [-0.3, -0.25) is 4.99 Å². The van der Waals surface area contributed by atoms with E-state index in [2.05, 4.69) is 33.8 Å². The van der Waals surface area contributed by atoms with E-state index in [9.17, 15) is 8.42 Å². The lowest BCUT2D eigenvalue weighted by atomic mass is 10.1. The van der Waals surface area contributed by atoms with E-state index in [-0.39, 0.29) is 30.0 Å². The molecule has 7 nitrogen and oxygen atoms in total. The van der Waals surface area contributed by atoms with Crippen molar-refractivity contribution < 1.29 is 13.2 Å². The van der Waals surface area contributed by atoms with Crippen molar-refractivity contribution in [3.8, 4) is 5.75 Å². The molecule has 0 aromatic heterocycles. The van der Waals surface area contributed by atoms with Gasteiger partial charge in [0.25, 0.3) is 0 Å². The molecule has 0 saturated carbocycles. The minimum Gasteiger partial charge on any atom is -0.496 e. The average molecular weight is 575 g/mol. The smallest absolute Gasteiger partial charge is 0.243 e. The third kappa shape index (κ3) is 7.63. The summed E-state index contributed by atoms with van der Waals surface area (Å²) in [4.78, 5) is 4.54. The molecule has 2 rings (SSSR count). The van der Waals surface area contributed by atoms with Crippen LogP contribution in [0.4, 0.5) is 0 Å². The van der Waals surface area contributed by atoms with E-state index in [1.165, 1.54) is 9.87 Å². The number of aryl methyl sites for hydroxylation is 1. The molecule has 0 amide bonds. The predicted molar refractivity (Wildman–Crippen MR) is 142 cm³/mol. The van der Waals surface area contributed by atoms with E-state index in [0.29, 0.717) is 17.4 Å². The van der Waals surface area contributed by atoms with E-state index >= 15 is 0 Å². The fraction of sp³-hybridized carbons (Fsp3) is 0.435. The van der Waals surface area contributed by atoms with Gasteiger partial charge in [-0.2, -0.15) is 4.31 Å². The molecule has 178 valence electrons. The number of guanidine groups is 1. The van der Waals surface area contributed by atoms with E-state index in [0.717, 1.165) is 29.8 Å². The second-order valence-electron chi connectivity index (χ2n) is 7.67. The molecule has 0 fully saturated rings. The molecule has 0 unspecified atom stereocenters. The van der Waals surface area contributed by atoms with Crippen LogP contribution in [0.1, 0.15) is 30.5 Å². The van der Waals surface area contributed by atoms with Gasteiger partial charge in [0.15, 0.2) is 5.96 Å². The highest BCUT2D eigenvalue weighted by Gasteiger charge is 2.22. The Hall–Kier alpha value is -1.85. The van der Waals surface area contributed by atoms with Gasteiger partial charge in [-0.25, -0.2) is 8.42 Å². The first-order chi connectivity index (χ1) is 14.7. The van der Waals surface area contributed by atoms with Crippen LogP contribution in [0.25, 0.3) is 0 Å². The molecule has 0 aliphatic carbocycles. The highest BCUT2D eigenvalue weighted by Crippen LogP contribution is 2.19. The minimum atomic E-state index is -3.47. The topological polar surface area (TPSA) is 83.0 Å². The summed E-state index contributed by atoms with van der Waals surface area (Å²) >= 11 is 0. The first-order valence-corrected chi connectivity index (χ1v) is 11.8. The van der Waals surface area contributed by atoms with Gasteiger partial charge < -0.3 is 15.4 Å². The van der Waals surface area contributed by atoms with Crippen molar-refractivity contribution in [1.29, 1.82) is 0 Å². The molecule has 0 saturated heterocycles. The lowest BCUT2D eigenvalue weighted by molar-refractivity contribution is 0.410. The van der Waals surface area contributed by atoms with Crippen molar-refractivity contribution in [3.05, 3.63) is 59.2 Å². The molecule has 0 heterocycles. The normalized spacial score (nSPS) is 11.9. The molecule has 0 bridgehead atoms. The summed E-state index contributed by atoms with van der Waals surface area (Å²) in [6, 6.07) is 13.0. The number of nitrogens with one attached hydrogen (secondary N) is 2. The molecule has 32 heavy (non-hydrogen) atoms. The maximum Gasteiger partial charge on any atom is 0.243 e. The van der Waals surface area contributed by atoms with Crippen molar-refractivity contribution in [1.82, 2.24) is 14.9 Å². The number of halogens is 1. The zero-order chi connectivity index (χ0) is 23.0. The largest absolute Gasteiger partial charge is 0.496 e. The molecule has 0 atom stereocenters. The van der Waals surface area contributed by atoms with Crippen LogP contribution in [0.2, 0.25) is 0 Å². The third-order valence-electron chi connectivity index (χ3n) is 5.19. The number of hydrogen-bond donors (Lipinski definition) is 2. The number of benzene rings is 2. The Morgan fingerprint density at radius 3 is 2.28 bits per heavy atom. The van der Waals surface area contributed by atoms with Crippen LogP contribution in [-0.2, 0) is 23.0 Å². The Bertz CT molecular complexity index is 993. The molecule has 0 spiro atoms. The van der Waals surface area contributed by atoms with Crippen molar-refractivity contribution >= 4 is 40.0 Å². The summed E-state index contributed by atoms with van der Waals surface area (Å²) in [5, 5.41) is 6.56. The van der Waals surface area contributed by atoms with E-state index in [1.54, 1.807) is 33.3 Å². The number of methoxy groups -OCH3 is 1. The van der Waals surface area contributed by atoms with E-state index < -0.39 is 10.0 Å². The Balaban J connectivity index is 0.00000512. The average Bonchev–Trinajstić information content (AvgIpc) is 2.76. The molecule has 0 radical (unpaired) electrons. The highest BCUT2D eigenvalue weighted by atomic mass is 127. The molecule has 2 N–H and O–H groups in total. The standard InChI is InChI=1S/C23H34N4O3S.HI/c1-17(2)27(5)31(28,29)21-11-9-20(10-12-21)16-26-23(24-4)25-14-13-19-8-7-18(3)22(15-19)30-6;/h7-12,15,17H,13-14,16H2,1-6H3,(H2,24,25,26);1H. The maximum absolute atomic E-state index is 12.6. The number of nitrogens with zero attached hydrogens (tertiary/aromatic N) is 2. The fourth-order valence-corrected chi connectivity index (χ4v) is 4.34. The van der Waals surface area contributed by atoms with Crippen LogP contribution >= 0.6 is 24.0 Å². The first kappa shape index (κ1) is 28.2. The molecule has 0 aliphatic heterocycles. The summed E-state index contributed by atoms with van der Waals surface area (Å²) in [7, 11) is 1.53. The Kier molecular flexibility index (Phi) is 11.5. The van der Waals surface area contributed by atoms with Crippen molar-refractivity contribution in [2.45, 2.75) is 44.7 Å². The summed E-state index contributed by atoms with van der Waals surface area (Å²) < 4.78 is 31.9. The fourth-order valence-electron chi connectivity index (χ4n) is 2.97. The number of aliphatic imine (C=N–C) groups is 1. The number of rotatable bonds is 9. The lowest BCUT2D eigenvalue weighted by Gasteiger charge is -2.21. The van der Waals surface area contributed by atoms with Gasteiger partial charge in [-0.1, -0.05) is 24.3 Å². The second kappa shape index (κ2) is 13.0. The first-order valence-electron chi connectivity index (χ1n) is 10.3. The lowest BCUT2D eigenvalue weighted by Crippen LogP contribution is -2.37. The van der Waals surface area contributed by atoms with Gasteiger partial charge in [0, 0.05) is 33.2 Å². The van der Waals surface area contributed by atoms with Gasteiger partial charge >= 0.3 is 0 Å². The minimum absolute atomic E-state index is 0. The summed E-state index contributed by atoms with van der Waals surface area (Å²) in [5.74, 6) is 1.58. The third-order valence-corrected chi connectivity index (χ3v) is 7.24. The SMILES string of the molecule is CN=C(NCCc1ccc(C)c(OC)c1)NCc1ccc(S(=O)(=O)N(C)C(C)C)cc1.I. The van der Waals surface area contributed by atoms with Crippen LogP contribution in [0.5, 0.6) is 5.75 Å². The Morgan fingerprint density at radius 1 is 1.09 bits per heavy atom. The van der Waals surface area contributed by atoms with E-state index in [4.69, 9.17) is 4.74 Å². The van der Waals surface area contributed by atoms with Gasteiger partial charge in [-0.05, 0) is 62.1 Å². The van der Waals surface area contributed by atoms with Crippen LogP contribution in [0, 0.1) is 6.92 Å². The van der Waals surface area contributed by atoms with Gasteiger partial charge in [-0.15, -0.1) is 24.0 Å². The number of ether oxygens (including phenoxy) is 1. The van der Waals surface area contributed by atoms with Gasteiger partial charge in [0.05, 0.1) is 12.0 Å². The number of hydrogen-bond acceptors (Lipinski definition) is 4. The summed E-state index contributed by atoms with van der Waals surface area (Å²) in [6.07, 6.45) is 0.841. The van der Waals surface area contributed by atoms with Crippen LogP contribution in [0.15, 0.2) is 52.4 Å². The quantitative estimate of drug-likeness (QED) is 0.272. The zero-order valence-electron chi connectivity index (χ0n) is 19.7. The van der Waals surface area contributed by atoms with Crippen LogP contribution in [-0.4, -0.2) is 52.5 Å². The van der Waals surface area contributed by atoms with Crippen LogP contribution in [0.3, 0.4) is 0 Å². The molecule has 2 aromatic rings. The molecule has 0 aliphatic rings. The molecule has 2 aromatic carbocycles. The van der Waals surface area contributed by atoms with E-state index in [1.807, 2.05) is 32.9 Å². The Morgan fingerprint density at radius 2 is 1.72 bits per heavy atom. The molecular weight excluding hydrogens is 539 g/mol. The van der Waals surface area contributed by atoms with Crippen molar-refractivity contribution in [2.24, 2.45) is 4.99 Å². The predicted octanol–water partition coefficient (Wildman–Crippen LogP) is 3.56. The van der Waals surface area contributed by atoms with Gasteiger partial charge in [0.2, 0.25) is 10.0 Å². The monoisotopic (exact) mass is 574 g/mol. The highest BCUT2D eigenvalue weighted by molar-refractivity contribution is 14.0. The maximum atomic E-state index is 12.6. The Labute approximate surface area is 209 Å². The van der Waals surface area contributed by atoms with Crippen LogP contribution < -0.4 is 15.4 Å². The molecule has 9 heteroatoms. The number of sulfonamides is 1. The van der Waals surface area contributed by atoms with Crippen molar-refractivity contribution in [2.75, 3.05) is 27.7 Å². The van der Waals surface area contributed by atoms with Gasteiger partial charge in [0.1, 0.15) is 5.75 Å². The van der Waals surface area contributed by atoms with Crippen molar-refractivity contribution in [3.63, 3.8) is 0 Å². The summed E-state index contributed by atoms with van der Waals surface area (Å²) in [5.41, 5.74) is 3.28. The zero-order valence-corrected chi connectivity index (χ0v) is 22.8.